The number of amides is 2. The largest absolute Gasteiger partial charge is 0.346 e. The van der Waals surface area contributed by atoms with E-state index < -0.39 is 0 Å². The Bertz CT molecular complexity index is 1200. The van der Waals surface area contributed by atoms with Crippen LogP contribution in [0.1, 0.15) is 33.9 Å². The monoisotopic (exact) mass is 484 g/mol. The molecule has 7 nitrogen and oxygen atoms in total. The van der Waals surface area contributed by atoms with Crippen LogP contribution in [-0.2, 0) is 0 Å². The van der Waals surface area contributed by atoms with E-state index in [4.69, 9.17) is 11.6 Å². The van der Waals surface area contributed by atoms with Gasteiger partial charge in [-0.3, -0.25) is 23.9 Å². The molecule has 3 heterocycles. The van der Waals surface area contributed by atoms with Gasteiger partial charge in [0.15, 0.2) is 0 Å². The van der Waals surface area contributed by atoms with Crippen LogP contribution in [0.15, 0.2) is 65.6 Å². The minimum Gasteiger partial charge on any atom is -0.346 e. The van der Waals surface area contributed by atoms with Crippen LogP contribution < -0.4 is 16.2 Å². The number of carbonyl (C=O) groups excluding carboxylic acids is 2. The second-order valence-corrected chi connectivity index (χ2v) is 9.98. The average molecular weight is 485 g/mol. The summed E-state index contributed by atoms with van der Waals surface area (Å²) in [6.45, 7) is 5.46. The number of hydrogen-bond acceptors (Lipinski definition) is 5. The van der Waals surface area contributed by atoms with Crippen molar-refractivity contribution < 1.29 is 9.59 Å². The summed E-state index contributed by atoms with van der Waals surface area (Å²) in [5, 5.41) is 6.13. The van der Waals surface area contributed by atoms with Crippen LogP contribution >= 0.6 is 22.9 Å². The van der Waals surface area contributed by atoms with Gasteiger partial charge in [0.1, 0.15) is 0 Å². The predicted molar refractivity (Wildman–Crippen MR) is 131 cm³/mol. The Morgan fingerprint density at radius 3 is 2.21 bits per heavy atom. The number of likely N-dealkylation sites (tertiary alicyclic amines) is 1. The van der Waals surface area contributed by atoms with Gasteiger partial charge in [-0.05, 0) is 56.3 Å². The number of nitrogens with zero attached hydrogens (tertiary/aromatic N) is 2. The van der Waals surface area contributed by atoms with E-state index in [2.05, 4.69) is 29.4 Å². The Hall–Kier alpha value is -2.94. The van der Waals surface area contributed by atoms with Crippen LogP contribution in [0.4, 0.5) is 0 Å². The van der Waals surface area contributed by atoms with Crippen LogP contribution in [0.25, 0.3) is 5.69 Å². The SMILES string of the molecule is CC(C)N1C[C@@H](NC(=O)c2ccc(-n3ccccc3=O)cc2)[C@H](NC(=O)c2ccc(Cl)s2)C1. The van der Waals surface area contributed by atoms with Gasteiger partial charge in [-0.1, -0.05) is 17.7 Å². The Kier molecular flexibility index (Phi) is 6.97. The topological polar surface area (TPSA) is 83.4 Å². The summed E-state index contributed by atoms with van der Waals surface area (Å²) in [5.74, 6) is -0.421. The highest BCUT2D eigenvalue weighted by atomic mass is 35.5. The first kappa shape index (κ1) is 23.2. The molecule has 1 aliphatic rings. The first-order valence-corrected chi connectivity index (χ1v) is 11.9. The van der Waals surface area contributed by atoms with Crippen molar-refractivity contribution in [1.29, 1.82) is 0 Å². The highest BCUT2D eigenvalue weighted by Crippen LogP contribution is 2.22. The summed E-state index contributed by atoms with van der Waals surface area (Å²) < 4.78 is 2.07. The molecule has 0 saturated carbocycles. The molecule has 172 valence electrons. The van der Waals surface area contributed by atoms with Gasteiger partial charge in [0.25, 0.3) is 17.4 Å². The lowest BCUT2D eigenvalue weighted by Crippen LogP contribution is -2.50. The molecule has 0 bridgehead atoms. The van der Waals surface area contributed by atoms with Crippen molar-refractivity contribution in [2.75, 3.05) is 13.1 Å². The highest BCUT2D eigenvalue weighted by molar-refractivity contribution is 7.18. The number of rotatable bonds is 6. The zero-order valence-corrected chi connectivity index (χ0v) is 19.9. The Labute approximate surface area is 201 Å². The number of carbonyl (C=O) groups is 2. The van der Waals surface area contributed by atoms with E-state index in [1.54, 1.807) is 54.7 Å². The van der Waals surface area contributed by atoms with Gasteiger partial charge >= 0.3 is 0 Å². The Morgan fingerprint density at radius 2 is 1.64 bits per heavy atom. The lowest BCUT2D eigenvalue weighted by Gasteiger charge is -2.21. The van der Waals surface area contributed by atoms with Crippen molar-refractivity contribution in [1.82, 2.24) is 20.1 Å². The van der Waals surface area contributed by atoms with E-state index in [9.17, 15) is 14.4 Å². The molecule has 0 unspecified atom stereocenters. The summed E-state index contributed by atoms with van der Waals surface area (Å²) in [4.78, 5) is 40.4. The zero-order chi connectivity index (χ0) is 23.5. The number of hydrogen-bond donors (Lipinski definition) is 2. The summed E-state index contributed by atoms with van der Waals surface area (Å²) in [6.07, 6.45) is 1.69. The number of nitrogens with one attached hydrogen (secondary N) is 2. The van der Waals surface area contributed by atoms with E-state index >= 15 is 0 Å². The number of pyridine rings is 1. The number of thiophene rings is 1. The Morgan fingerprint density at radius 1 is 0.970 bits per heavy atom. The molecule has 2 amide bonds. The highest BCUT2D eigenvalue weighted by Gasteiger charge is 2.36. The smallest absolute Gasteiger partial charge is 0.261 e. The minimum atomic E-state index is -0.240. The van der Waals surface area contributed by atoms with Gasteiger partial charge in [-0.25, -0.2) is 0 Å². The summed E-state index contributed by atoms with van der Waals surface area (Å²) >= 11 is 7.19. The van der Waals surface area contributed by atoms with Crippen LogP contribution in [0, 0.1) is 0 Å². The van der Waals surface area contributed by atoms with Gasteiger partial charge in [0, 0.05) is 42.6 Å². The molecule has 1 aromatic carbocycles. The van der Waals surface area contributed by atoms with Crippen LogP contribution in [0.2, 0.25) is 4.34 Å². The molecular weight excluding hydrogens is 460 g/mol. The molecule has 2 atom stereocenters. The van der Waals surface area contributed by atoms with E-state index in [1.807, 2.05) is 0 Å². The standard InChI is InChI=1S/C24H25ClN4O3S/c1-15(2)28-13-18(19(14-28)27-24(32)20-10-11-21(25)33-20)26-23(31)16-6-8-17(9-7-16)29-12-4-3-5-22(29)30/h3-12,15,18-19H,13-14H2,1-2H3,(H,26,31)(H,27,32)/t18-,19-/m1/s1. The molecule has 4 rings (SSSR count). The van der Waals surface area contributed by atoms with Crippen molar-refractivity contribution in [2.45, 2.75) is 32.0 Å². The molecule has 0 spiro atoms. The maximum absolute atomic E-state index is 13.0. The van der Waals surface area contributed by atoms with E-state index in [0.29, 0.717) is 33.6 Å². The molecule has 9 heteroatoms. The molecule has 0 aliphatic carbocycles. The fourth-order valence-corrected chi connectivity index (χ4v) is 4.84. The van der Waals surface area contributed by atoms with Gasteiger partial charge in [-0.2, -0.15) is 0 Å². The predicted octanol–water partition coefficient (Wildman–Crippen LogP) is 3.17. The fourth-order valence-electron chi connectivity index (χ4n) is 3.89. The molecular formula is C24H25ClN4O3S. The third-order valence-corrected chi connectivity index (χ3v) is 6.97. The number of benzene rings is 1. The summed E-state index contributed by atoms with van der Waals surface area (Å²) in [6, 6.07) is 15.0. The normalized spacial score (nSPS) is 18.4. The minimum absolute atomic E-state index is 0.139. The maximum atomic E-state index is 13.0. The second kappa shape index (κ2) is 9.91. The molecule has 2 N–H and O–H groups in total. The maximum Gasteiger partial charge on any atom is 0.261 e. The third-order valence-electron chi connectivity index (χ3n) is 5.74. The first-order chi connectivity index (χ1) is 15.8. The average Bonchev–Trinajstić information content (AvgIpc) is 3.41. The van der Waals surface area contributed by atoms with E-state index in [0.717, 1.165) is 0 Å². The summed E-state index contributed by atoms with van der Waals surface area (Å²) in [5.41, 5.74) is 1.03. The molecule has 1 fully saturated rings. The van der Waals surface area contributed by atoms with Crippen molar-refractivity contribution in [3.63, 3.8) is 0 Å². The van der Waals surface area contributed by atoms with Gasteiger partial charge in [0.05, 0.1) is 21.3 Å². The molecule has 2 aromatic heterocycles. The molecule has 1 aliphatic heterocycles. The molecule has 0 radical (unpaired) electrons. The number of aromatic nitrogens is 1. The summed E-state index contributed by atoms with van der Waals surface area (Å²) in [7, 11) is 0. The van der Waals surface area contributed by atoms with Gasteiger partial charge in [0.2, 0.25) is 0 Å². The van der Waals surface area contributed by atoms with Crippen molar-refractivity contribution in [3.05, 3.63) is 85.9 Å². The van der Waals surface area contributed by atoms with Gasteiger partial charge in [-0.15, -0.1) is 11.3 Å². The van der Waals surface area contributed by atoms with Crippen LogP contribution in [-0.4, -0.2) is 52.5 Å². The fraction of sp³-hybridized carbons (Fsp3) is 0.292. The van der Waals surface area contributed by atoms with Crippen molar-refractivity contribution in [2.24, 2.45) is 0 Å². The van der Waals surface area contributed by atoms with Crippen LogP contribution in [0.5, 0.6) is 0 Å². The van der Waals surface area contributed by atoms with Crippen molar-refractivity contribution >= 4 is 34.8 Å². The molecule has 1 saturated heterocycles. The number of halogens is 1. The van der Waals surface area contributed by atoms with E-state index in [-0.39, 0.29) is 35.5 Å². The van der Waals surface area contributed by atoms with Crippen LogP contribution in [0.3, 0.4) is 0 Å². The third kappa shape index (κ3) is 5.35. The Balaban J connectivity index is 1.46. The second-order valence-electron chi connectivity index (χ2n) is 8.27. The van der Waals surface area contributed by atoms with Gasteiger partial charge < -0.3 is 10.6 Å². The first-order valence-electron chi connectivity index (χ1n) is 10.7. The molecule has 3 aromatic rings. The quantitative estimate of drug-likeness (QED) is 0.563. The zero-order valence-electron chi connectivity index (χ0n) is 18.3. The lowest BCUT2D eigenvalue weighted by atomic mass is 10.1. The molecule has 33 heavy (non-hydrogen) atoms. The lowest BCUT2D eigenvalue weighted by molar-refractivity contribution is 0.0898. The van der Waals surface area contributed by atoms with Crippen molar-refractivity contribution in [3.8, 4) is 5.69 Å². The van der Waals surface area contributed by atoms with E-state index in [1.165, 1.54) is 22.0 Å².